The maximum Gasteiger partial charge on any atom is 0.317 e. The number of nitrogens with one attached hydrogen (secondary N) is 1. The predicted molar refractivity (Wildman–Crippen MR) is 78.1 cm³/mol. The van der Waals surface area contributed by atoms with E-state index >= 15 is 0 Å². The summed E-state index contributed by atoms with van der Waals surface area (Å²) in [5, 5.41) is 12.2. The molecule has 2 aliphatic heterocycles. The molecule has 3 fully saturated rings. The fourth-order valence-corrected chi connectivity index (χ4v) is 4.17. The van der Waals surface area contributed by atoms with Gasteiger partial charge in [-0.15, -0.1) is 0 Å². The van der Waals surface area contributed by atoms with Gasteiger partial charge >= 0.3 is 12.0 Å². The van der Waals surface area contributed by atoms with Crippen LogP contribution in [0.2, 0.25) is 0 Å². The van der Waals surface area contributed by atoms with E-state index in [1.807, 2.05) is 4.90 Å². The molecule has 2 bridgehead atoms. The van der Waals surface area contributed by atoms with Crippen molar-refractivity contribution < 1.29 is 14.7 Å². The fraction of sp³-hybridized carbons (Fsp3) is 0.867. The van der Waals surface area contributed by atoms with Gasteiger partial charge in [0, 0.05) is 31.2 Å². The monoisotopic (exact) mass is 295 g/mol. The quantitative estimate of drug-likeness (QED) is 0.800. The maximum absolute atomic E-state index is 12.5. The lowest BCUT2D eigenvalue weighted by Gasteiger charge is -2.28. The van der Waals surface area contributed by atoms with Gasteiger partial charge in [0.05, 0.1) is 5.92 Å². The molecule has 0 aromatic rings. The smallest absolute Gasteiger partial charge is 0.317 e. The Morgan fingerprint density at radius 2 is 1.86 bits per heavy atom. The van der Waals surface area contributed by atoms with E-state index in [-0.39, 0.29) is 12.1 Å². The number of carboxylic acid groups (broad SMARTS) is 1. The number of aliphatic carboxylic acids is 1. The Labute approximate surface area is 125 Å². The lowest BCUT2D eigenvalue weighted by atomic mass is 10.0. The van der Waals surface area contributed by atoms with Gasteiger partial charge in [0.1, 0.15) is 0 Å². The summed E-state index contributed by atoms with van der Waals surface area (Å²) in [6.45, 7) is 1.55. The molecule has 2 saturated heterocycles. The molecule has 0 spiro atoms. The summed E-state index contributed by atoms with van der Waals surface area (Å²) in [6, 6.07) is 0.787. The maximum atomic E-state index is 12.5. The Morgan fingerprint density at radius 1 is 1.10 bits per heavy atom. The summed E-state index contributed by atoms with van der Waals surface area (Å²) >= 11 is 0. The number of carbonyl (C=O) groups excluding carboxylic acids is 1. The average Bonchev–Trinajstić information content (AvgIpc) is 2.95. The molecule has 2 heterocycles. The molecular formula is C15H25N3O3. The summed E-state index contributed by atoms with van der Waals surface area (Å²) in [4.78, 5) is 28.0. The van der Waals surface area contributed by atoms with E-state index in [1.54, 1.807) is 0 Å². The number of hydrogen-bond acceptors (Lipinski definition) is 3. The lowest BCUT2D eigenvalue weighted by molar-refractivity contribution is -0.142. The number of carbonyl (C=O) groups is 2. The summed E-state index contributed by atoms with van der Waals surface area (Å²) < 4.78 is 0. The molecule has 6 nitrogen and oxygen atoms in total. The number of likely N-dealkylation sites (N-methyl/N-ethyl adjacent to an activating group) is 1. The van der Waals surface area contributed by atoms with Crippen LogP contribution < -0.4 is 5.32 Å². The van der Waals surface area contributed by atoms with E-state index in [1.165, 1.54) is 6.42 Å². The number of rotatable bonds is 2. The zero-order valence-corrected chi connectivity index (χ0v) is 12.6. The molecule has 4 unspecified atom stereocenters. The number of hydrogen-bond donors (Lipinski definition) is 2. The highest BCUT2D eigenvalue weighted by Crippen LogP contribution is 2.29. The summed E-state index contributed by atoms with van der Waals surface area (Å²) in [5.41, 5.74) is 0. The van der Waals surface area contributed by atoms with Crippen molar-refractivity contribution in [3.8, 4) is 0 Å². The molecule has 118 valence electrons. The van der Waals surface area contributed by atoms with Crippen molar-refractivity contribution in [2.75, 3.05) is 20.1 Å². The SMILES string of the molecule is CN1C2CCC1CN(C(=O)NC1CCCC1C(=O)O)CC2. The highest BCUT2D eigenvalue weighted by atomic mass is 16.4. The van der Waals surface area contributed by atoms with Crippen LogP contribution in [0.3, 0.4) is 0 Å². The van der Waals surface area contributed by atoms with Crippen molar-refractivity contribution in [2.24, 2.45) is 5.92 Å². The summed E-state index contributed by atoms with van der Waals surface area (Å²) in [5.74, 6) is -1.20. The predicted octanol–water partition coefficient (Wildman–Crippen LogP) is 1.12. The molecule has 2 N–H and O–H groups in total. The first-order valence-corrected chi connectivity index (χ1v) is 8.06. The van der Waals surface area contributed by atoms with Crippen LogP contribution in [0.25, 0.3) is 0 Å². The Balaban J connectivity index is 1.59. The van der Waals surface area contributed by atoms with Crippen molar-refractivity contribution in [1.82, 2.24) is 15.1 Å². The van der Waals surface area contributed by atoms with Crippen LogP contribution >= 0.6 is 0 Å². The van der Waals surface area contributed by atoms with Crippen LogP contribution in [0.1, 0.15) is 38.5 Å². The Hall–Kier alpha value is -1.30. The second-order valence-electron chi connectivity index (χ2n) is 6.72. The van der Waals surface area contributed by atoms with E-state index in [0.717, 1.165) is 38.8 Å². The van der Waals surface area contributed by atoms with Crippen molar-refractivity contribution in [3.05, 3.63) is 0 Å². The molecule has 6 heteroatoms. The third-order valence-electron chi connectivity index (χ3n) is 5.58. The van der Waals surface area contributed by atoms with Crippen LogP contribution in [0.4, 0.5) is 4.79 Å². The molecule has 2 amide bonds. The molecule has 0 radical (unpaired) electrons. The molecule has 0 aromatic heterocycles. The van der Waals surface area contributed by atoms with Crippen LogP contribution in [0, 0.1) is 5.92 Å². The number of fused-ring (bicyclic) bond motifs is 2. The second kappa shape index (κ2) is 5.83. The van der Waals surface area contributed by atoms with Gasteiger partial charge < -0.3 is 15.3 Å². The van der Waals surface area contributed by atoms with Crippen molar-refractivity contribution in [3.63, 3.8) is 0 Å². The van der Waals surface area contributed by atoms with Crippen molar-refractivity contribution >= 4 is 12.0 Å². The minimum Gasteiger partial charge on any atom is -0.481 e. The zero-order valence-electron chi connectivity index (χ0n) is 12.6. The molecule has 1 aliphatic carbocycles. The van der Waals surface area contributed by atoms with Crippen LogP contribution in [0.5, 0.6) is 0 Å². The highest BCUT2D eigenvalue weighted by Gasteiger charge is 2.38. The van der Waals surface area contributed by atoms with E-state index in [2.05, 4.69) is 17.3 Å². The topological polar surface area (TPSA) is 72.9 Å². The van der Waals surface area contributed by atoms with E-state index in [4.69, 9.17) is 0 Å². The first kappa shape index (κ1) is 14.6. The Kier molecular flexibility index (Phi) is 4.06. The molecule has 0 aromatic carbocycles. The van der Waals surface area contributed by atoms with Crippen molar-refractivity contribution in [1.29, 1.82) is 0 Å². The van der Waals surface area contributed by atoms with Crippen LogP contribution in [0.15, 0.2) is 0 Å². The Morgan fingerprint density at radius 3 is 2.62 bits per heavy atom. The molecule has 21 heavy (non-hydrogen) atoms. The van der Waals surface area contributed by atoms with Crippen molar-refractivity contribution in [2.45, 2.75) is 56.7 Å². The lowest BCUT2D eigenvalue weighted by Crippen LogP contribution is -2.49. The molecular weight excluding hydrogens is 270 g/mol. The van der Waals surface area contributed by atoms with Gasteiger partial charge in [-0.3, -0.25) is 9.69 Å². The van der Waals surface area contributed by atoms with E-state index < -0.39 is 11.9 Å². The molecule has 3 aliphatic rings. The third kappa shape index (κ3) is 2.86. The zero-order chi connectivity index (χ0) is 15.0. The highest BCUT2D eigenvalue weighted by molar-refractivity contribution is 5.77. The second-order valence-corrected chi connectivity index (χ2v) is 6.72. The number of urea groups is 1. The van der Waals surface area contributed by atoms with E-state index in [0.29, 0.717) is 18.5 Å². The summed E-state index contributed by atoms with van der Waals surface area (Å²) in [6.07, 6.45) is 5.76. The van der Waals surface area contributed by atoms with Gasteiger partial charge in [-0.05, 0) is 39.2 Å². The third-order valence-corrected chi connectivity index (χ3v) is 5.58. The van der Waals surface area contributed by atoms with Gasteiger partial charge in [-0.25, -0.2) is 4.79 Å². The van der Waals surface area contributed by atoms with Gasteiger partial charge in [0.15, 0.2) is 0 Å². The van der Waals surface area contributed by atoms with Crippen LogP contribution in [-0.4, -0.2) is 65.2 Å². The van der Waals surface area contributed by atoms with Gasteiger partial charge in [0.25, 0.3) is 0 Å². The standard InChI is InChI=1S/C15H25N3O3/c1-17-10-5-6-11(17)9-18(8-7-10)15(21)16-13-4-2-3-12(13)14(19)20/h10-13H,2-9H2,1H3,(H,16,21)(H,19,20). The van der Waals surface area contributed by atoms with Gasteiger partial charge in [-0.1, -0.05) is 6.42 Å². The molecule has 1 saturated carbocycles. The van der Waals surface area contributed by atoms with E-state index in [9.17, 15) is 14.7 Å². The minimum atomic E-state index is -0.785. The van der Waals surface area contributed by atoms with Crippen LogP contribution in [-0.2, 0) is 4.79 Å². The number of carboxylic acids is 1. The number of likely N-dealkylation sites (tertiary alicyclic amines) is 1. The first-order chi connectivity index (χ1) is 10.1. The largest absolute Gasteiger partial charge is 0.481 e. The number of nitrogens with zero attached hydrogens (tertiary/aromatic N) is 2. The van der Waals surface area contributed by atoms with Gasteiger partial charge in [0.2, 0.25) is 0 Å². The molecule has 4 atom stereocenters. The Bertz CT molecular complexity index is 428. The summed E-state index contributed by atoms with van der Waals surface area (Å²) in [7, 11) is 2.15. The average molecular weight is 295 g/mol. The minimum absolute atomic E-state index is 0.0749. The number of amides is 2. The first-order valence-electron chi connectivity index (χ1n) is 8.06. The normalized spacial score (nSPS) is 36.5. The van der Waals surface area contributed by atoms with Gasteiger partial charge in [-0.2, -0.15) is 0 Å². The molecule has 3 rings (SSSR count). The fourth-order valence-electron chi connectivity index (χ4n) is 4.17.